The van der Waals surface area contributed by atoms with Crippen LogP contribution in [0.2, 0.25) is 0 Å². The fraction of sp³-hybridized carbons (Fsp3) is 0.200. The van der Waals surface area contributed by atoms with Gasteiger partial charge in [-0.1, -0.05) is 18.2 Å². The number of nitrogens with zero attached hydrogens (tertiary/aromatic N) is 1. The Kier molecular flexibility index (Phi) is 3.98. The highest BCUT2D eigenvalue weighted by Crippen LogP contribution is 2.22. The molecule has 0 bridgehead atoms. The molecule has 3 rings (SSSR count). The molecule has 0 saturated carbocycles. The van der Waals surface area contributed by atoms with Crippen molar-refractivity contribution in [3.8, 4) is 0 Å². The van der Waals surface area contributed by atoms with Crippen molar-refractivity contribution in [2.45, 2.75) is 19.3 Å². The molecule has 0 aliphatic rings. The lowest BCUT2D eigenvalue weighted by Gasteiger charge is -1.97. The van der Waals surface area contributed by atoms with Gasteiger partial charge < -0.3 is 4.98 Å². The first-order chi connectivity index (χ1) is 10.3. The van der Waals surface area contributed by atoms with Gasteiger partial charge in [-0.3, -0.25) is 10.0 Å². The molecule has 2 heterocycles. The average Bonchev–Trinajstić information content (AvgIpc) is 3.13. The van der Waals surface area contributed by atoms with Crippen LogP contribution in [0.15, 0.2) is 35.8 Å². The number of aromatic amines is 1. The Morgan fingerprint density at radius 2 is 2.24 bits per heavy atom. The number of thiazole rings is 1. The van der Waals surface area contributed by atoms with Gasteiger partial charge in [0.1, 0.15) is 0 Å². The fourth-order valence-corrected chi connectivity index (χ4v) is 3.13. The first kappa shape index (κ1) is 13.8. The van der Waals surface area contributed by atoms with Gasteiger partial charge >= 0.3 is 0 Å². The Bertz CT molecular complexity index is 763. The number of hydroxylamine groups is 1. The van der Waals surface area contributed by atoms with E-state index in [0.29, 0.717) is 6.42 Å². The standard InChI is InChI=1S/C15H15N3O2S/c19-14(18-20)6-5-11-9-21-15(17-11)7-10-8-16-13-4-2-1-3-12(10)13/h1-4,8-9,16,20H,5-7H2,(H,18,19). The minimum absolute atomic E-state index is 0.243. The predicted molar refractivity (Wildman–Crippen MR) is 81.5 cm³/mol. The number of H-pyrrole nitrogens is 1. The summed E-state index contributed by atoms with van der Waals surface area (Å²) in [6.45, 7) is 0. The van der Waals surface area contributed by atoms with Crippen LogP contribution >= 0.6 is 11.3 Å². The van der Waals surface area contributed by atoms with Crippen molar-refractivity contribution < 1.29 is 10.0 Å². The van der Waals surface area contributed by atoms with Gasteiger partial charge in [0.05, 0.1) is 10.7 Å². The van der Waals surface area contributed by atoms with Gasteiger partial charge in [0, 0.05) is 35.3 Å². The number of aromatic nitrogens is 2. The van der Waals surface area contributed by atoms with E-state index in [-0.39, 0.29) is 12.3 Å². The zero-order valence-electron chi connectivity index (χ0n) is 11.3. The summed E-state index contributed by atoms with van der Waals surface area (Å²) in [7, 11) is 0. The molecule has 0 aliphatic heterocycles. The van der Waals surface area contributed by atoms with Crippen molar-refractivity contribution in [1.82, 2.24) is 15.4 Å². The maximum absolute atomic E-state index is 11.0. The molecule has 0 saturated heterocycles. The molecule has 3 aromatic rings. The van der Waals surface area contributed by atoms with Crippen LogP contribution in [0.25, 0.3) is 10.9 Å². The number of rotatable bonds is 5. The number of nitrogens with one attached hydrogen (secondary N) is 2. The summed E-state index contributed by atoms with van der Waals surface area (Å²) in [6, 6.07) is 8.19. The molecule has 0 spiro atoms. The number of fused-ring (bicyclic) bond motifs is 1. The quantitative estimate of drug-likeness (QED) is 0.501. The molecular formula is C15H15N3O2S. The molecule has 1 amide bonds. The monoisotopic (exact) mass is 301 g/mol. The molecule has 1 aromatic carbocycles. The SMILES string of the molecule is O=C(CCc1csc(Cc2c[nH]c3ccccc23)n1)NO. The molecule has 21 heavy (non-hydrogen) atoms. The van der Waals surface area contributed by atoms with E-state index in [1.165, 1.54) is 10.9 Å². The Morgan fingerprint density at radius 1 is 1.38 bits per heavy atom. The molecule has 6 heteroatoms. The lowest BCUT2D eigenvalue weighted by molar-refractivity contribution is -0.129. The lowest BCUT2D eigenvalue weighted by atomic mass is 10.1. The van der Waals surface area contributed by atoms with Gasteiger partial charge in [-0.15, -0.1) is 11.3 Å². The highest BCUT2D eigenvalue weighted by atomic mass is 32.1. The highest BCUT2D eigenvalue weighted by Gasteiger charge is 2.08. The number of carbonyl (C=O) groups excluding carboxylic acids is 1. The Hall–Kier alpha value is -2.18. The summed E-state index contributed by atoms with van der Waals surface area (Å²) < 4.78 is 0. The third-order valence-electron chi connectivity index (χ3n) is 3.35. The number of benzene rings is 1. The molecular weight excluding hydrogens is 286 g/mol. The van der Waals surface area contributed by atoms with E-state index < -0.39 is 0 Å². The number of amides is 1. The van der Waals surface area contributed by atoms with E-state index in [4.69, 9.17) is 5.21 Å². The van der Waals surface area contributed by atoms with Gasteiger partial charge in [-0.05, 0) is 18.1 Å². The predicted octanol–water partition coefficient (Wildman–Crippen LogP) is 2.65. The number of hydrogen-bond acceptors (Lipinski definition) is 4. The van der Waals surface area contributed by atoms with Crippen LogP contribution in [0.4, 0.5) is 0 Å². The van der Waals surface area contributed by atoms with Crippen molar-refractivity contribution in [2.24, 2.45) is 0 Å². The number of carbonyl (C=O) groups is 1. The lowest BCUT2D eigenvalue weighted by Crippen LogP contribution is -2.18. The zero-order chi connectivity index (χ0) is 14.7. The van der Waals surface area contributed by atoms with E-state index in [1.807, 2.05) is 23.7 Å². The number of aryl methyl sites for hydroxylation is 1. The largest absolute Gasteiger partial charge is 0.361 e. The van der Waals surface area contributed by atoms with E-state index in [1.54, 1.807) is 16.8 Å². The van der Waals surface area contributed by atoms with Crippen molar-refractivity contribution in [1.29, 1.82) is 0 Å². The molecule has 2 aromatic heterocycles. The summed E-state index contributed by atoms with van der Waals surface area (Å²) in [6.07, 6.45) is 3.58. The molecule has 0 atom stereocenters. The third kappa shape index (κ3) is 3.12. The van der Waals surface area contributed by atoms with Crippen LogP contribution in [-0.4, -0.2) is 21.1 Å². The molecule has 0 radical (unpaired) electrons. The summed E-state index contributed by atoms with van der Waals surface area (Å²) in [4.78, 5) is 18.8. The van der Waals surface area contributed by atoms with Crippen LogP contribution in [-0.2, 0) is 17.6 Å². The van der Waals surface area contributed by atoms with Crippen LogP contribution in [0.3, 0.4) is 0 Å². The van der Waals surface area contributed by atoms with Crippen LogP contribution < -0.4 is 5.48 Å². The average molecular weight is 301 g/mol. The second-order valence-electron chi connectivity index (χ2n) is 4.80. The summed E-state index contributed by atoms with van der Waals surface area (Å²) in [5.41, 5.74) is 4.87. The van der Waals surface area contributed by atoms with E-state index >= 15 is 0 Å². The molecule has 0 fully saturated rings. The Balaban J connectivity index is 1.71. The molecule has 3 N–H and O–H groups in total. The van der Waals surface area contributed by atoms with E-state index in [2.05, 4.69) is 22.1 Å². The minimum Gasteiger partial charge on any atom is -0.361 e. The molecule has 108 valence electrons. The zero-order valence-corrected chi connectivity index (χ0v) is 12.1. The van der Waals surface area contributed by atoms with Crippen molar-refractivity contribution in [3.05, 3.63) is 52.1 Å². The highest BCUT2D eigenvalue weighted by molar-refractivity contribution is 7.09. The number of hydrogen-bond donors (Lipinski definition) is 3. The summed E-state index contributed by atoms with van der Waals surface area (Å²) >= 11 is 1.60. The van der Waals surface area contributed by atoms with Gasteiger partial charge in [-0.2, -0.15) is 0 Å². The third-order valence-corrected chi connectivity index (χ3v) is 4.25. The fourth-order valence-electron chi connectivity index (χ4n) is 2.28. The number of para-hydroxylation sites is 1. The van der Waals surface area contributed by atoms with Gasteiger partial charge in [0.15, 0.2) is 0 Å². The Morgan fingerprint density at radius 3 is 3.10 bits per heavy atom. The normalized spacial score (nSPS) is 10.9. The van der Waals surface area contributed by atoms with Crippen LogP contribution in [0.5, 0.6) is 0 Å². The van der Waals surface area contributed by atoms with Crippen molar-refractivity contribution in [3.63, 3.8) is 0 Å². The van der Waals surface area contributed by atoms with E-state index in [0.717, 1.165) is 22.6 Å². The topological polar surface area (TPSA) is 78.0 Å². The molecule has 5 nitrogen and oxygen atoms in total. The van der Waals surface area contributed by atoms with E-state index in [9.17, 15) is 4.79 Å². The van der Waals surface area contributed by atoms with Crippen molar-refractivity contribution >= 4 is 28.1 Å². The smallest absolute Gasteiger partial charge is 0.243 e. The molecule has 0 unspecified atom stereocenters. The minimum atomic E-state index is -0.388. The molecule has 0 aliphatic carbocycles. The van der Waals surface area contributed by atoms with Gasteiger partial charge in [0.25, 0.3) is 0 Å². The summed E-state index contributed by atoms with van der Waals surface area (Å²) in [5.74, 6) is -0.388. The first-order valence-electron chi connectivity index (χ1n) is 6.67. The van der Waals surface area contributed by atoms with Crippen molar-refractivity contribution in [2.75, 3.05) is 0 Å². The maximum Gasteiger partial charge on any atom is 0.243 e. The maximum atomic E-state index is 11.0. The Labute approximate surface area is 125 Å². The van der Waals surface area contributed by atoms with Crippen LogP contribution in [0, 0.1) is 0 Å². The van der Waals surface area contributed by atoms with Gasteiger partial charge in [0.2, 0.25) is 5.91 Å². The second-order valence-corrected chi connectivity index (χ2v) is 5.75. The summed E-state index contributed by atoms with van der Waals surface area (Å²) in [5, 5.41) is 12.7. The second kappa shape index (κ2) is 6.07. The first-order valence-corrected chi connectivity index (χ1v) is 7.55. The van der Waals surface area contributed by atoms with Crippen LogP contribution in [0.1, 0.15) is 22.7 Å². The van der Waals surface area contributed by atoms with Gasteiger partial charge in [-0.25, -0.2) is 10.5 Å².